The van der Waals surface area contributed by atoms with Gasteiger partial charge in [0.25, 0.3) is 0 Å². The van der Waals surface area contributed by atoms with E-state index in [1.807, 2.05) is 38.1 Å². The lowest BCUT2D eigenvalue weighted by atomic mass is 9.80. The molecule has 0 fully saturated rings. The number of Topliss-reactive ketones (excluding diaryl/α,β-unsaturated/α-hetero) is 1. The highest BCUT2D eigenvalue weighted by molar-refractivity contribution is 6.69. The van der Waals surface area contributed by atoms with Crippen LogP contribution < -0.4 is 4.74 Å². The molecule has 0 saturated carbocycles. The van der Waals surface area contributed by atoms with Gasteiger partial charge in [0.1, 0.15) is 17.6 Å². The van der Waals surface area contributed by atoms with Crippen LogP contribution in [0.25, 0.3) is 0 Å². The van der Waals surface area contributed by atoms with Crippen LogP contribution in [0.5, 0.6) is 5.75 Å². The van der Waals surface area contributed by atoms with Crippen molar-refractivity contribution in [2.45, 2.75) is 51.9 Å². The van der Waals surface area contributed by atoms with E-state index in [0.29, 0.717) is 12.8 Å². The molecule has 1 aromatic rings. The lowest BCUT2D eigenvalue weighted by Gasteiger charge is -2.38. The third-order valence-electron chi connectivity index (χ3n) is 3.77. The fraction of sp³-hybridized carbons (Fsp3) is 0.556. The van der Waals surface area contributed by atoms with Crippen molar-refractivity contribution in [3.8, 4) is 11.8 Å². The second-order valence-corrected chi connectivity index (χ2v) is 11.2. The molecule has 0 radical (unpaired) electrons. The van der Waals surface area contributed by atoms with E-state index in [2.05, 4.69) is 25.7 Å². The highest BCUT2D eigenvalue weighted by Gasteiger charge is 2.43. The molecule has 0 aromatic heterocycles. The zero-order valence-corrected chi connectivity index (χ0v) is 16.0. The molecule has 2 unspecified atom stereocenters. The predicted octanol–water partition coefficient (Wildman–Crippen LogP) is 4.27. The summed E-state index contributed by atoms with van der Waals surface area (Å²) in [6.45, 7) is 9.92. The van der Waals surface area contributed by atoms with Gasteiger partial charge in [0, 0.05) is 18.8 Å². The van der Waals surface area contributed by atoms with Gasteiger partial charge in [-0.1, -0.05) is 26.0 Å². The monoisotopic (exact) mass is 333 g/mol. The van der Waals surface area contributed by atoms with Gasteiger partial charge in [-0.25, -0.2) is 0 Å². The summed E-state index contributed by atoms with van der Waals surface area (Å²) in [5.41, 5.74) is -0.332. The number of rotatable bonds is 8. The Balaban J connectivity index is 3.33. The first-order chi connectivity index (χ1) is 10.7. The summed E-state index contributed by atoms with van der Waals surface area (Å²) in [7, 11) is -0.403. The van der Waals surface area contributed by atoms with Crippen LogP contribution in [0, 0.1) is 17.2 Å². The maximum atomic E-state index is 11.9. The van der Waals surface area contributed by atoms with Gasteiger partial charge in [0.05, 0.1) is 7.11 Å². The molecule has 4 nitrogen and oxygen atoms in total. The van der Waals surface area contributed by atoms with Crippen LogP contribution in [0.2, 0.25) is 19.6 Å². The zero-order valence-electron chi connectivity index (χ0n) is 15.0. The minimum absolute atomic E-state index is 0.143. The topological polar surface area (TPSA) is 59.3 Å². The molecule has 0 saturated heterocycles. The molecule has 0 aliphatic rings. The Morgan fingerprint density at radius 3 is 2.26 bits per heavy atom. The molecule has 126 valence electrons. The molecule has 0 bridgehead atoms. The van der Waals surface area contributed by atoms with Gasteiger partial charge in [-0.2, -0.15) is 5.26 Å². The molecule has 5 heteroatoms. The number of carbonyl (C=O) groups is 1. The van der Waals surface area contributed by atoms with E-state index >= 15 is 0 Å². The second kappa shape index (κ2) is 7.76. The fourth-order valence-electron chi connectivity index (χ4n) is 2.59. The molecular formula is C18H27NO3Si. The summed E-state index contributed by atoms with van der Waals surface area (Å²) in [6, 6.07) is 9.73. The Bertz CT molecular complexity index is 571. The lowest BCUT2D eigenvalue weighted by Crippen LogP contribution is -2.44. The van der Waals surface area contributed by atoms with E-state index < -0.39 is 13.9 Å². The molecule has 0 heterocycles. The van der Waals surface area contributed by atoms with Crippen molar-refractivity contribution < 1.29 is 14.0 Å². The minimum atomic E-state index is -2.01. The first-order valence-electron chi connectivity index (χ1n) is 7.96. The van der Waals surface area contributed by atoms with Crippen LogP contribution in [0.1, 0.15) is 32.3 Å². The SMILES string of the molecule is CCC(=O)CC(C)C(C#N)(O[Si](C)(C)C)c1ccc(OC)cc1. The average Bonchev–Trinajstić information content (AvgIpc) is 2.51. The van der Waals surface area contributed by atoms with Gasteiger partial charge in [0.2, 0.25) is 0 Å². The van der Waals surface area contributed by atoms with Crippen LogP contribution >= 0.6 is 0 Å². The second-order valence-electron chi connectivity index (χ2n) is 6.79. The maximum absolute atomic E-state index is 11.9. The largest absolute Gasteiger partial charge is 0.497 e. The zero-order chi connectivity index (χ0) is 17.7. The molecule has 1 aromatic carbocycles. The molecule has 23 heavy (non-hydrogen) atoms. The number of hydrogen-bond donors (Lipinski definition) is 0. The molecular weight excluding hydrogens is 306 g/mol. The Morgan fingerprint density at radius 1 is 1.30 bits per heavy atom. The summed E-state index contributed by atoms with van der Waals surface area (Å²) < 4.78 is 11.5. The number of nitriles is 1. The molecule has 0 N–H and O–H groups in total. The van der Waals surface area contributed by atoms with Crippen LogP contribution in [-0.2, 0) is 14.8 Å². The van der Waals surface area contributed by atoms with Crippen molar-refractivity contribution >= 4 is 14.1 Å². The van der Waals surface area contributed by atoms with Gasteiger partial charge in [-0.05, 0) is 37.3 Å². The van der Waals surface area contributed by atoms with Gasteiger partial charge < -0.3 is 9.16 Å². The Hall–Kier alpha value is -1.64. The number of benzene rings is 1. The van der Waals surface area contributed by atoms with Crippen molar-refractivity contribution in [2.75, 3.05) is 7.11 Å². The fourth-order valence-corrected chi connectivity index (χ4v) is 3.92. The molecule has 2 atom stereocenters. The number of ether oxygens (including phenoxy) is 1. The Labute approximate surface area is 140 Å². The minimum Gasteiger partial charge on any atom is -0.497 e. The smallest absolute Gasteiger partial charge is 0.186 e. The third kappa shape index (κ3) is 4.92. The predicted molar refractivity (Wildman–Crippen MR) is 93.8 cm³/mol. The Morgan fingerprint density at radius 2 is 1.87 bits per heavy atom. The van der Waals surface area contributed by atoms with E-state index in [1.165, 1.54) is 0 Å². The molecule has 0 aliphatic heterocycles. The third-order valence-corrected chi connectivity index (χ3v) is 4.71. The summed E-state index contributed by atoms with van der Waals surface area (Å²) in [4.78, 5) is 11.9. The summed E-state index contributed by atoms with van der Waals surface area (Å²) in [5, 5.41) is 9.98. The van der Waals surface area contributed by atoms with Crippen LogP contribution in [0.15, 0.2) is 24.3 Å². The quantitative estimate of drug-likeness (QED) is 0.667. The van der Waals surface area contributed by atoms with Crippen LogP contribution in [0.3, 0.4) is 0 Å². The number of carbonyl (C=O) groups excluding carboxylic acids is 1. The van der Waals surface area contributed by atoms with E-state index in [4.69, 9.17) is 9.16 Å². The molecule has 0 spiro atoms. The molecule has 0 amide bonds. The number of ketones is 1. The van der Waals surface area contributed by atoms with Gasteiger partial charge in [-0.3, -0.25) is 4.79 Å². The normalized spacial score (nSPS) is 15.3. The molecule has 0 aliphatic carbocycles. The van der Waals surface area contributed by atoms with Gasteiger partial charge in [-0.15, -0.1) is 0 Å². The Kier molecular flexibility index (Phi) is 6.54. The average molecular weight is 334 g/mol. The van der Waals surface area contributed by atoms with Crippen molar-refractivity contribution in [1.29, 1.82) is 5.26 Å². The first kappa shape index (κ1) is 19.4. The highest BCUT2D eigenvalue weighted by Crippen LogP contribution is 2.39. The lowest BCUT2D eigenvalue weighted by molar-refractivity contribution is -0.121. The van der Waals surface area contributed by atoms with Crippen molar-refractivity contribution in [3.63, 3.8) is 0 Å². The van der Waals surface area contributed by atoms with Crippen molar-refractivity contribution in [1.82, 2.24) is 0 Å². The van der Waals surface area contributed by atoms with Gasteiger partial charge >= 0.3 is 0 Å². The number of methoxy groups -OCH3 is 1. The van der Waals surface area contributed by atoms with E-state index in [1.54, 1.807) is 7.11 Å². The number of hydrogen-bond acceptors (Lipinski definition) is 4. The maximum Gasteiger partial charge on any atom is 0.186 e. The van der Waals surface area contributed by atoms with E-state index in [0.717, 1.165) is 11.3 Å². The molecule has 1 rings (SSSR count). The summed E-state index contributed by atoms with van der Waals surface area (Å²) >= 11 is 0. The first-order valence-corrected chi connectivity index (χ1v) is 11.4. The number of nitrogens with zero attached hydrogens (tertiary/aromatic N) is 1. The van der Waals surface area contributed by atoms with E-state index in [9.17, 15) is 10.1 Å². The van der Waals surface area contributed by atoms with Gasteiger partial charge in [0.15, 0.2) is 13.9 Å². The summed E-state index contributed by atoms with van der Waals surface area (Å²) in [5.74, 6) is 0.649. The van der Waals surface area contributed by atoms with E-state index in [-0.39, 0.29) is 11.7 Å². The highest BCUT2D eigenvalue weighted by atomic mass is 28.4. The van der Waals surface area contributed by atoms with Crippen molar-refractivity contribution in [2.24, 2.45) is 5.92 Å². The standard InChI is InChI=1S/C18H27NO3Si/c1-7-16(20)12-14(2)18(13-19,22-23(4,5)6)15-8-10-17(21-3)11-9-15/h8-11,14H,7,12H2,1-6H3. The van der Waals surface area contributed by atoms with Crippen LogP contribution in [-0.4, -0.2) is 21.2 Å². The van der Waals surface area contributed by atoms with Crippen molar-refractivity contribution in [3.05, 3.63) is 29.8 Å². The van der Waals surface area contributed by atoms with Crippen LogP contribution in [0.4, 0.5) is 0 Å². The summed E-state index contributed by atoms with van der Waals surface area (Å²) in [6.07, 6.45) is 0.808.